The van der Waals surface area contributed by atoms with E-state index < -0.39 is 0 Å². The van der Waals surface area contributed by atoms with E-state index in [0.717, 1.165) is 19.6 Å². The number of benzene rings is 2. The molecule has 2 nitrogen and oxygen atoms in total. The second-order valence-electron chi connectivity index (χ2n) is 5.61. The first-order valence-electron chi connectivity index (χ1n) is 7.34. The molecular weight excluding hydrogens is 244 g/mol. The van der Waals surface area contributed by atoms with Gasteiger partial charge in [-0.05, 0) is 24.1 Å². The quantitative estimate of drug-likeness (QED) is 0.818. The summed E-state index contributed by atoms with van der Waals surface area (Å²) in [7, 11) is 2.19. The van der Waals surface area contributed by atoms with Crippen molar-refractivity contribution >= 4 is 5.69 Å². The summed E-state index contributed by atoms with van der Waals surface area (Å²) in [6.45, 7) is 5.51. The number of para-hydroxylation sites is 1. The van der Waals surface area contributed by atoms with Gasteiger partial charge in [0.05, 0.1) is 0 Å². The summed E-state index contributed by atoms with van der Waals surface area (Å²) in [6.07, 6.45) is 0. The minimum Gasteiger partial charge on any atom is -0.373 e. The largest absolute Gasteiger partial charge is 0.373 e. The molecule has 0 fully saturated rings. The van der Waals surface area contributed by atoms with Crippen molar-refractivity contribution in [2.75, 3.05) is 25.0 Å². The summed E-state index contributed by atoms with van der Waals surface area (Å²) in [6, 6.07) is 20.0. The third-order valence-corrected chi connectivity index (χ3v) is 4.33. The molecule has 0 radical (unpaired) electrons. The van der Waals surface area contributed by atoms with Gasteiger partial charge in [-0.3, -0.25) is 4.90 Å². The molecule has 0 aromatic heterocycles. The Morgan fingerprint density at radius 1 is 0.900 bits per heavy atom. The summed E-state index contributed by atoms with van der Waals surface area (Å²) in [5.41, 5.74) is 4.19. The predicted octanol–water partition coefficient (Wildman–Crippen LogP) is 3.70. The van der Waals surface area contributed by atoms with Crippen LogP contribution in [0.5, 0.6) is 0 Å². The molecule has 0 amide bonds. The monoisotopic (exact) mass is 266 g/mol. The van der Waals surface area contributed by atoms with Crippen LogP contribution in [0.2, 0.25) is 0 Å². The van der Waals surface area contributed by atoms with Crippen LogP contribution in [0.25, 0.3) is 0 Å². The molecule has 1 heterocycles. The van der Waals surface area contributed by atoms with Gasteiger partial charge in [-0.15, -0.1) is 0 Å². The molecule has 2 heteroatoms. The average molecular weight is 266 g/mol. The molecule has 1 aliphatic heterocycles. The zero-order valence-corrected chi connectivity index (χ0v) is 12.3. The molecule has 0 bridgehead atoms. The van der Waals surface area contributed by atoms with E-state index in [9.17, 15) is 0 Å². The van der Waals surface area contributed by atoms with Crippen LogP contribution in [-0.4, -0.2) is 25.0 Å². The van der Waals surface area contributed by atoms with E-state index in [1.165, 1.54) is 16.8 Å². The number of fused-ring (bicyclic) bond motifs is 1. The van der Waals surface area contributed by atoms with Crippen molar-refractivity contribution in [3.05, 3.63) is 65.7 Å². The first-order valence-corrected chi connectivity index (χ1v) is 7.34. The normalized spacial score (nSPS) is 17.4. The maximum Gasteiger partial charge on any atom is 0.0409 e. The van der Waals surface area contributed by atoms with E-state index in [2.05, 4.69) is 78.4 Å². The summed E-state index contributed by atoms with van der Waals surface area (Å²) in [4.78, 5) is 4.94. The zero-order chi connectivity index (χ0) is 13.9. The lowest BCUT2D eigenvalue weighted by Gasteiger charge is -2.28. The SMILES string of the molecule is C[C@@H](c1ccccc1)N1CCN(C)c2ccccc2C1. The fourth-order valence-corrected chi connectivity index (χ4v) is 2.99. The molecular formula is C18H22N2. The number of likely N-dealkylation sites (N-methyl/N-ethyl adjacent to an activating group) is 1. The van der Waals surface area contributed by atoms with Crippen LogP contribution in [0.1, 0.15) is 24.1 Å². The van der Waals surface area contributed by atoms with Gasteiger partial charge in [0.1, 0.15) is 0 Å². The lowest BCUT2D eigenvalue weighted by atomic mass is 10.1. The minimum absolute atomic E-state index is 0.454. The maximum absolute atomic E-state index is 2.57. The molecule has 104 valence electrons. The summed E-state index contributed by atoms with van der Waals surface area (Å²) >= 11 is 0. The molecule has 0 N–H and O–H groups in total. The lowest BCUT2D eigenvalue weighted by Crippen LogP contribution is -2.31. The van der Waals surface area contributed by atoms with Crippen LogP contribution in [0.4, 0.5) is 5.69 Å². The first-order chi connectivity index (χ1) is 9.75. The molecule has 0 aliphatic carbocycles. The van der Waals surface area contributed by atoms with Gasteiger partial charge in [-0.1, -0.05) is 48.5 Å². The average Bonchev–Trinajstić information content (AvgIpc) is 2.67. The molecule has 2 aromatic rings. The van der Waals surface area contributed by atoms with Crippen molar-refractivity contribution in [1.29, 1.82) is 0 Å². The third kappa shape index (κ3) is 2.56. The van der Waals surface area contributed by atoms with Crippen molar-refractivity contribution in [1.82, 2.24) is 4.90 Å². The highest BCUT2D eigenvalue weighted by molar-refractivity contribution is 5.53. The number of hydrogen-bond acceptors (Lipinski definition) is 2. The Labute approximate surface area is 121 Å². The topological polar surface area (TPSA) is 6.48 Å². The van der Waals surface area contributed by atoms with Crippen molar-refractivity contribution in [2.45, 2.75) is 19.5 Å². The Morgan fingerprint density at radius 3 is 2.40 bits per heavy atom. The molecule has 0 saturated carbocycles. The van der Waals surface area contributed by atoms with Gasteiger partial charge in [0.25, 0.3) is 0 Å². The number of rotatable bonds is 2. The second-order valence-corrected chi connectivity index (χ2v) is 5.61. The maximum atomic E-state index is 2.57. The van der Waals surface area contributed by atoms with Gasteiger partial charge >= 0.3 is 0 Å². The third-order valence-electron chi connectivity index (χ3n) is 4.33. The fourth-order valence-electron chi connectivity index (χ4n) is 2.99. The van der Waals surface area contributed by atoms with Crippen molar-refractivity contribution in [3.8, 4) is 0 Å². The molecule has 0 saturated heterocycles. The van der Waals surface area contributed by atoms with E-state index in [-0.39, 0.29) is 0 Å². The Bertz CT molecular complexity index is 565. The van der Waals surface area contributed by atoms with Crippen LogP contribution >= 0.6 is 0 Å². The van der Waals surface area contributed by atoms with Gasteiger partial charge in [-0.25, -0.2) is 0 Å². The van der Waals surface area contributed by atoms with Gasteiger partial charge in [-0.2, -0.15) is 0 Å². The van der Waals surface area contributed by atoms with Crippen LogP contribution < -0.4 is 4.90 Å². The van der Waals surface area contributed by atoms with Gasteiger partial charge in [0.2, 0.25) is 0 Å². The number of nitrogens with zero attached hydrogens (tertiary/aromatic N) is 2. The van der Waals surface area contributed by atoms with Gasteiger partial charge in [0.15, 0.2) is 0 Å². The Morgan fingerprint density at radius 2 is 1.60 bits per heavy atom. The fraction of sp³-hybridized carbons (Fsp3) is 0.333. The highest BCUT2D eigenvalue weighted by atomic mass is 15.2. The van der Waals surface area contributed by atoms with Gasteiger partial charge in [0, 0.05) is 38.4 Å². The minimum atomic E-state index is 0.454. The molecule has 0 spiro atoms. The Balaban J connectivity index is 1.86. The lowest BCUT2D eigenvalue weighted by molar-refractivity contribution is 0.211. The highest BCUT2D eigenvalue weighted by Crippen LogP contribution is 2.28. The van der Waals surface area contributed by atoms with Gasteiger partial charge < -0.3 is 4.90 Å². The zero-order valence-electron chi connectivity index (χ0n) is 12.3. The number of hydrogen-bond donors (Lipinski definition) is 0. The predicted molar refractivity (Wildman–Crippen MR) is 85.0 cm³/mol. The van der Waals surface area contributed by atoms with Crippen molar-refractivity contribution in [2.24, 2.45) is 0 Å². The smallest absolute Gasteiger partial charge is 0.0409 e. The molecule has 0 unspecified atom stereocenters. The van der Waals surface area contributed by atoms with Crippen LogP contribution in [0, 0.1) is 0 Å². The van der Waals surface area contributed by atoms with Crippen LogP contribution in [0.15, 0.2) is 54.6 Å². The highest BCUT2D eigenvalue weighted by Gasteiger charge is 2.21. The summed E-state index contributed by atoms with van der Waals surface area (Å²) in [5, 5.41) is 0. The van der Waals surface area contributed by atoms with E-state index >= 15 is 0 Å². The van der Waals surface area contributed by atoms with Crippen LogP contribution in [0.3, 0.4) is 0 Å². The number of anilines is 1. The summed E-state index contributed by atoms with van der Waals surface area (Å²) < 4.78 is 0. The Kier molecular flexibility index (Phi) is 3.75. The van der Waals surface area contributed by atoms with Crippen LogP contribution in [-0.2, 0) is 6.54 Å². The standard InChI is InChI=1S/C18H22N2/c1-15(16-8-4-3-5-9-16)20-13-12-19(2)18-11-7-6-10-17(18)14-20/h3-11,15H,12-14H2,1-2H3/t15-/m0/s1. The first kappa shape index (κ1) is 13.2. The van der Waals surface area contributed by atoms with Crippen molar-refractivity contribution < 1.29 is 0 Å². The molecule has 1 aliphatic rings. The van der Waals surface area contributed by atoms with E-state index in [4.69, 9.17) is 0 Å². The van der Waals surface area contributed by atoms with E-state index in [0.29, 0.717) is 6.04 Å². The molecule has 20 heavy (non-hydrogen) atoms. The van der Waals surface area contributed by atoms with E-state index in [1.807, 2.05) is 0 Å². The van der Waals surface area contributed by atoms with Crippen molar-refractivity contribution in [3.63, 3.8) is 0 Å². The summed E-state index contributed by atoms with van der Waals surface area (Å²) in [5.74, 6) is 0. The van der Waals surface area contributed by atoms with E-state index in [1.54, 1.807) is 0 Å². The molecule has 2 aromatic carbocycles. The molecule has 3 rings (SSSR count). The second kappa shape index (κ2) is 5.68. The Hall–Kier alpha value is -1.80. The molecule has 1 atom stereocenters.